The summed E-state index contributed by atoms with van der Waals surface area (Å²) in [5, 5.41) is 7.37. The Balaban J connectivity index is 0.000000191. The van der Waals surface area contributed by atoms with E-state index in [-0.39, 0.29) is 0 Å². The van der Waals surface area contributed by atoms with Crippen LogP contribution < -0.4 is 10.6 Å². The Morgan fingerprint density at radius 3 is 1.04 bits per heavy atom. The van der Waals surface area contributed by atoms with Gasteiger partial charge in [0.25, 0.3) is 0 Å². The average molecular weight is 645 g/mol. The minimum Gasteiger partial charge on any atom is -0.314 e. The van der Waals surface area contributed by atoms with E-state index < -0.39 is 0 Å². The van der Waals surface area contributed by atoms with Gasteiger partial charge in [0.05, 0.1) is 0 Å². The zero-order chi connectivity index (χ0) is 33.9. The summed E-state index contributed by atoms with van der Waals surface area (Å²) in [5.41, 5.74) is 8.30. The number of nitrogens with one attached hydrogen (secondary N) is 2. The van der Waals surface area contributed by atoms with Crippen LogP contribution in [0.5, 0.6) is 0 Å². The van der Waals surface area contributed by atoms with Crippen molar-refractivity contribution in [3.63, 3.8) is 0 Å². The van der Waals surface area contributed by atoms with Crippen molar-refractivity contribution in [3.05, 3.63) is 215 Å². The highest BCUT2D eigenvalue weighted by Gasteiger charge is 2.15. The lowest BCUT2D eigenvalue weighted by molar-refractivity contribution is 0.520. The first-order chi connectivity index (χ1) is 24.2. The first kappa shape index (κ1) is 35.5. The lowest BCUT2D eigenvalue weighted by Gasteiger charge is -2.20. The Morgan fingerprint density at radius 1 is 0.367 bits per heavy atom. The predicted octanol–water partition coefficient (Wildman–Crippen LogP) is 11.0. The summed E-state index contributed by atoms with van der Waals surface area (Å²) < 4.78 is 0. The maximum Gasteiger partial charge on any atom is 0.0291 e. The van der Waals surface area contributed by atoms with E-state index in [1.54, 1.807) is 0 Å². The molecule has 6 aromatic carbocycles. The molecule has 2 nitrogen and oxygen atoms in total. The van der Waals surface area contributed by atoms with Gasteiger partial charge >= 0.3 is 0 Å². The highest BCUT2D eigenvalue weighted by atomic mass is 14.9. The summed E-state index contributed by atoms with van der Waals surface area (Å²) in [6.45, 7) is 6.51. The normalized spacial score (nSPS) is 12.2. The van der Waals surface area contributed by atoms with E-state index in [9.17, 15) is 0 Å². The lowest BCUT2D eigenvalue weighted by atomic mass is 9.88. The molecule has 0 saturated heterocycles. The largest absolute Gasteiger partial charge is 0.314 e. The monoisotopic (exact) mass is 644 g/mol. The van der Waals surface area contributed by atoms with Crippen molar-refractivity contribution in [2.24, 2.45) is 0 Å². The molecule has 0 saturated carbocycles. The van der Waals surface area contributed by atoms with Gasteiger partial charge in [0.15, 0.2) is 0 Å². The van der Waals surface area contributed by atoms with Crippen LogP contribution in [0.25, 0.3) is 0 Å². The van der Waals surface area contributed by atoms with Crippen LogP contribution in [-0.4, -0.2) is 19.1 Å². The van der Waals surface area contributed by atoms with Gasteiger partial charge in [-0.1, -0.05) is 182 Å². The second kappa shape index (κ2) is 19.9. The summed E-state index contributed by atoms with van der Waals surface area (Å²) in [5.74, 6) is 0.877. The molecule has 2 heteroatoms. The van der Waals surface area contributed by atoms with E-state index in [4.69, 9.17) is 0 Å². The van der Waals surface area contributed by atoms with Crippen LogP contribution in [-0.2, 0) is 6.42 Å². The van der Waals surface area contributed by atoms with E-state index in [1.807, 2.05) is 0 Å². The van der Waals surface area contributed by atoms with Gasteiger partial charge in [-0.25, -0.2) is 0 Å². The second-order valence-electron chi connectivity index (χ2n) is 13.0. The summed E-state index contributed by atoms with van der Waals surface area (Å²) in [6.07, 6.45) is 3.26. The molecule has 0 heterocycles. The highest BCUT2D eigenvalue weighted by molar-refractivity contribution is 5.33. The fourth-order valence-corrected chi connectivity index (χ4v) is 6.61. The Morgan fingerprint density at radius 2 is 0.673 bits per heavy atom. The zero-order valence-electron chi connectivity index (χ0n) is 29.2. The summed E-state index contributed by atoms with van der Waals surface area (Å²) in [7, 11) is 0. The molecule has 0 aromatic heterocycles. The fourth-order valence-electron chi connectivity index (χ4n) is 6.61. The highest BCUT2D eigenvalue weighted by Crippen LogP contribution is 2.29. The Kier molecular flexibility index (Phi) is 14.4. The maximum atomic E-state index is 3.70. The van der Waals surface area contributed by atoms with Crippen LogP contribution in [0.4, 0.5) is 0 Å². The second-order valence-corrected chi connectivity index (χ2v) is 13.0. The molecule has 6 rings (SSSR count). The Bertz CT molecular complexity index is 1610. The summed E-state index contributed by atoms with van der Waals surface area (Å²) >= 11 is 0. The van der Waals surface area contributed by atoms with E-state index in [0.717, 1.165) is 32.4 Å². The smallest absolute Gasteiger partial charge is 0.0291 e. The van der Waals surface area contributed by atoms with Crippen LogP contribution in [0, 0.1) is 0 Å². The predicted molar refractivity (Wildman–Crippen MR) is 209 cm³/mol. The summed E-state index contributed by atoms with van der Waals surface area (Å²) in [4.78, 5) is 0. The van der Waals surface area contributed by atoms with E-state index >= 15 is 0 Å². The third-order valence-electron chi connectivity index (χ3n) is 9.30. The first-order valence-corrected chi connectivity index (χ1v) is 17.9. The molecule has 49 heavy (non-hydrogen) atoms. The quantitative estimate of drug-likeness (QED) is 0.116. The van der Waals surface area contributed by atoms with Crippen molar-refractivity contribution >= 4 is 0 Å². The third-order valence-corrected chi connectivity index (χ3v) is 9.30. The Labute approximate surface area is 295 Å². The van der Waals surface area contributed by atoms with E-state index in [2.05, 4.69) is 206 Å². The standard InChI is InChI=1S/C24H27N.C23H25N/c1-20(19-21-11-5-2-6-12-21)25-18-17-24(22-13-7-3-8-14-22)23-15-9-4-10-16-23;1-19(20-11-5-2-6-12-20)24-18-17-23(21-13-7-3-8-14-21)22-15-9-4-10-16-22/h2-16,20,24-25H,17-19H2,1H3;2-16,19,23-24H,17-18H2,1H3. The van der Waals surface area contributed by atoms with Gasteiger partial charge in [-0.15, -0.1) is 0 Å². The molecule has 6 aromatic rings. The fraction of sp³-hybridized carbons (Fsp3) is 0.234. The number of benzene rings is 6. The van der Waals surface area contributed by atoms with Crippen LogP contribution in [0.2, 0.25) is 0 Å². The van der Waals surface area contributed by atoms with Gasteiger partial charge in [-0.05, 0) is 79.6 Å². The molecule has 0 fully saturated rings. The third kappa shape index (κ3) is 11.7. The van der Waals surface area contributed by atoms with Crippen molar-refractivity contribution in [1.29, 1.82) is 0 Å². The van der Waals surface area contributed by atoms with Crippen LogP contribution in [0.3, 0.4) is 0 Å². The zero-order valence-corrected chi connectivity index (χ0v) is 29.2. The molecule has 2 N–H and O–H groups in total. The minimum absolute atomic E-state index is 0.374. The average Bonchev–Trinajstić information content (AvgIpc) is 3.17. The van der Waals surface area contributed by atoms with Crippen molar-refractivity contribution in [1.82, 2.24) is 10.6 Å². The SMILES string of the molecule is CC(Cc1ccccc1)NCCC(c1ccccc1)c1ccccc1.CC(NCCC(c1ccccc1)c1ccccc1)c1ccccc1. The summed E-state index contributed by atoms with van der Waals surface area (Å²) in [6, 6.07) is 65.5. The number of rotatable bonds is 15. The van der Waals surface area contributed by atoms with E-state index in [0.29, 0.717) is 23.9 Å². The molecule has 0 aliphatic heterocycles. The molecular weight excluding hydrogens is 593 g/mol. The van der Waals surface area contributed by atoms with Crippen LogP contribution >= 0.6 is 0 Å². The molecule has 2 unspecified atom stereocenters. The van der Waals surface area contributed by atoms with Gasteiger partial charge in [-0.3, -0.25) is 0 Å². The van der Waals surface area contributed by atoms with Gasteiger partial charge in [-0.2, -0.15) is 0 Å². The van der Waals surface area contributed by atoms with Crippen molar-refractivity contribution < 1.29 is 0 Å². The van der Waals surface area contributed by atoms with Gasteiger partial charge in [0.1, 0.15) is 0 Å². The maximum absolute atomic E-state index is 3.70. The molecule has 2 atom stereocenters. The van der Waals surface area contributed by atoms with Gasteiger partial charge in [0.2, 0.25) is 0 Å². The van der Waals surface area contributed by atoms with Gasteiger partial charge < -0.3 is 10.6 Å². The topological polar surface area (TPSA) is 24.1 Å². The molecule has 0 amide bonds. The molecule has 0 aliphatic rings. The lowest BCUT2D eigenvalue weighted by Crippen LogP contribution is -2.30. The molecular formula is C47H52N2. The molecule has 0 radical (unpaired) electrons. The first-order valence-electron chi connectivity index (χ1n) is 17.9. The molecule has 0 bridgehead atoms. The van der Waals surface area contributed by atoms with Crippen LogP contribution in [0.15, 0.2) is 182 Å². The molecule has 250 valence electrons. The number of hydrogen-bond acceptors (Lipinski definition) is 2. The minimum atomic E-state index is 0.374. The Hall–Kier alpha value is -4.76. The molecule has 0 spiro atoms. The number of hydrogen-bond donors (Lipinski definition) is 2. The molecule has 0 aliphatic carbocycles. The van der Waals surface area contributed by atoms with Crippen LogP contribution in [0.1, 0.15) is 77.9 Å². The van der Waals surface area contributed by atoms with Gasteiger partial charge in [0, 0.05) is 23.9 Å². The van der Waals surface area contributed by atoms with Crippen molar-refractivity contribution in [2.45, 2.75) is 57.0 Å². The van der Waals surface area contributed by atoms with Crippen molar-refractivity contribution in [3.8, 4) is 0 Å². The van der Waals surface area contributed by atoms with E-state index in [1.165, 1.54) is 33.4 Å². The van der Waals surface area contributed by atoms with Crippen molar-refractivity contribution in [2.75, 3.05) is 13.1 Å².